The third-order valence-electron chi connectivity index (χ3n) is 14.8. The Morgan fingerprint density at radius 1 is 0.558 bits per heavy atom. The molecule has 7 heteroatoms. The number of benzene rings is 7. The SMILES string of the molecule is Cc1c(-c2ccc(-n3c(-c4cc(C(C)(C)C)cc(C(C)(C)C)c4O)nc4c(-c5[c-]c(-c6cc(-c7ccccc7)ccn6)cc(C(C)(C)C)c5)cccc43)c(-c3ccccc3)c2)oc2c1oc1cc(CC(C)(C)C)ccc12.[Pt]. The van der Waals surface area contributed by atoms with Gasteiger partial charge in [-0.3, -0.25) is 9.55 Å². The summed E-state index contributed by atoms with van der Waals surface area (Å²) in [6.07, 6.45) is 2.84. The third-order valence-corrected chi connectivity index (χ3v) is 14.8. The number of aromatic nitrogens is 3. The number of aromatic hydroxyl groups is 1. The maximum absolute atomic E-state index is 12.8. The van der Waals surface area contributed by atoms with Crippen molar-refractivity contribution in [2.75, 3.05) is 0 Å². The Labute approximate surface area is 468 Å². The summed E-state index contributed by atoms with van der Waals surface area (Å²) in [5.41, 5.74) is 19.0. The summed E-state index contributed by atoms with van der Waals surface area (Å²) in [5.74, 6) is 1.61. The largest absolute Gasteiger partial charge is 0.507 e. The molecule has 4 heterocycles. The Kier molecular flexibility index (Phi) is 13.5. The van der Waals surface area contributed by atoms with Crippen molar-refractivity contribution < 1.29 is 35.0 Å². The van der Waals surface area contributed by atoms with Crippen LogP contribution in [0, 0.1) is 18.4 Å². The van der Waals surface area contributed by atoms with Gasteiger partial charge >= 0.3 is 0 Å². The summed E-state index contributed by atoms with van der Waals surface area (Å²) in [7, 11) is 0. The van der Waals surface area contributed by atoms with Crippen molar-refractivity contribution in [1.29, 1.82) is 0 Å². The van der Waals surface area contributed by atoms with Gasteiger partial charge in [-0.1, -0.05) is 185 Å². The molecule has 1 N–H and O–H groups in total. The Bertz CT molecular complexity index is 4020. The molecule has 0 saturated carbocycles. The molecule has 0 atom stereocenters. The van der Waals surface area contributed by atoms with Crippen molar-refractivity contribution in [3.8, 4) is 78.8 Å². The molecule has 0 saturated heterocycles. The maximum atomic E-state index is 12.8. The van der Waals surface area contributed by atoms with E-state index in [-0.39, 0.29) is 48.5 Å². The first-order valence-electron chi connectivity index (χ1n) is 26.6. The second-order valence-corrected chi connectivity index (χ2v) is 25.1. The van der Waals surface area contributed by atoms with Crippen LogP contribution in [0.15, 0.2) is 167 Å². The van der Waals surface area contributed by atoms with Gasteiger partial charge in [-0.05, 0) is 111 Å². The van der Waals surface area contributed by atoms with Crippen LogP contribution in [0.2, 0.25) is 0 Å². The Hall–Kier alpha value is -7.27. The average Bonchev–Trinajstić information content (AvgIpc) is 4.12. The fraction of sp³-hybridized carbons (Fsp3) is 0.257. The molecule has 7 aromatic carbocycles. The van der Waals surface area contributed by atoms with Crippen LogP contribution in [0.4, 0.5) is 0 Å². The van der Waals surface area contributed by atoms with Crippen molar-refractivity contribution >= 4 is 33.2 Å². The average molecular weight is 1190 g/mol. The van der Waals surface area contributed by atoms with E-state index in [1.807, 2.05) is 18.3 Å². The predicted molar refractivity (Wildman–Crippen MR) is 316 cm³/mol. The van der Waals surface area contributed by atoms with Crippen molar-refractivity contribution in [3.05, 3.63) is 192 Å². The number of fused-ring (bicyclic) bond motifs is 4. The molecule has 0 amide bonds. The minimum Gasteiger partial charge on any atom is -0.507 e. The standard InChI is InChI=1S/C70H68N3O3.Pt/c1-42-63(76-65-53-29-27-43(41-67(2,3)4)33-60(53)75-64(42)65)47-28-30-58(54(37-47)45-23-18-15-19-24-45)73-59-26-20-25-52(61(59)72-66(73)55-39-51(69(8,9)10)40-56(62(55)74)70(11,12)13)48-34-49(36-50(35-48)68(5,6)7)57-38-46(31-32-71-57)44-21-16-14-17-22-44;/h14-33,35-40,74H,41H2,1-13H3;/q-1;. The molecule has 0 aliphatic carbocycles. The van der Waals surface area contributed by atoms with Gasteiger partial charge in [0.1, 0.15) is 22.9 Å². The fourth-order valence-corrected chi connectivity index (χ4v) is 10.7. The van der Waals surface area contributed by atoms with E-state index in [1.54, 1.807) is 0 Å². The smallest absolute Gasteiger partial charge is 0.181 e. The number of para-hydroxylation sites is 1. The number of rotatable bonds is 8. The zero-order chi connectivity index (χ0) is 53.6. The van der Waals surface area contributed by atoms with Gasteiger partial charge in [0.2, 0.25) is 0 Å². The van der Waals surface area contributed by atoms with E-state index < -0.39 is 0 Å². The third kappa shape index (κ3) is 10.1. The Morgan fingerprint density at radius 3 is 1.91 bits per heavy atom. The quantitative estimate of drug-likeness (QED) is 0.153. The normalized spacial score (nSPS) is 12.5. The summed E-state index contributed by atoms with van der Waals surface area (Å²) in [5, 5.41) is 13.7. The van der Waals surface area contributed by atoms with Gasteiger partial charge < -0.3 is 13.9 Å². The number of phenols is 1. The first-order valence-corrected chi connectivity index (χ1v) is 26.6. The van der Waals surface area contributed by atoms with E-state index in [2.05, 4.69) is 240 Å². The number of furan rings is 2. The van der Waals surface area contributed by atoms with Crippen molar-refractivity contribution in [2.24, 2.45) is 5.41 Å². The van der Waals surface area contributed by atoms with E-state index in [4.69, 9.17) is 18.8 Å². The van der Waals surface area contributed by atoms with Crippen LogP contribution in [0.25, 0.3) is 106 Å². The Morgan fingerprint density at radius 2 is 1.23 bits per heavy atom. The van der Waals surface area contributed by atoms with Crippen LogP contribution in [-0.2, 0) is 43.7 Å². The van der Waals surface area contributed by atoms with Gasteiger partial charge in [0.15, 0.2) is 11.2 Å². The first-order chi connectivity index (χ1) is 36.0. The van der Waals surface area contributed by atoms with E-state index in [1.165, 1.54) is 5.56 Å². The van der Waals surface area contributed by atoms with E-state index in [9.17, 15) is 5.11 Å². The molecule has 392 valence electrons. The molecule has 0 aliphatic heterocycles. The van der Waals surface area contributed by atoms with Crippen LogP contribution >= 0.6 is 0 Å². The van der Waals surface area contributed by atoms with Crippen LogP contribution in [0.1, 0.15) is 111 Å². The predicted octanol–water partition coefficient (Wildman–Crippen LogP) is 19.2. The van der Waals surface area contributed by atoms with E-state index in [0.29, 0.717) is 11.4 Å². The number of nitrogens with zero attached hydrogens (tertiary/aromatic N) is 3. The minimum absolute atomic E-state index is 0. The number of hydrogen-bond acceptors (Lipinski definition) is 5. The van der Waals surface area contributed by atoms with Gasteiger partial charge in [-0.2, -0.15) is 0 Å². The van der Waals surface area contributed by atoms with Gasteiger partial charge in [-0.15, -0.1) is 29.3 Å². The van der Waals surface area contributed by atoms with E-state index in [0.717, 1.165) is 123 Å². The van der Waals surface area contributed by atoms with Gasteiger partial charge in [-0.25, -0.2) is 4.98 Å². The summed E-state index contributed by atoms with van der Waals surface area (Å²) >= 11 is 0. The van der Waals surface area contributed by atoms with Crippen molar-refractivity contribution in [3.63, 3.8) is 0 Å². The minimum atomic E-state index is -0.371. The molecule has 0 bridgehead atoms. The Balaban J connectivity index is 0.00000672. The second kappa shape index (κ2) is 19.6. The maximum Gasteiger partial charge on any atom is 0.181 e. The number of pyridine rings is 1. The molecule has 11 rings (SSSR count). The first kappa shape index (κ1) is 53.1. The second-order valence-electron chi connectivity index (χ2n) is 25.1. The molecule has 0 fully saturated rings. The number of imidazole rings is 1. The monoisotopic (exact) mass is 1190 g/mol. The zero-order valence-electron chi connectivity index (χ0n) is 46.6. The summed E-state index contributed by atoms with van der Waals surface area (Å²) in [6, 6.07) is 57.3. The van der Waals surface area contributed by atoms with Crippen LogP contribution in [0.5, 0.6) is 5.75 Å². The molecule has 6 nitrogen and oxygen atoms in total. The summed E-state index contributed by atoms with van der Waals surface area (Å²) < 4.78 is 15.8. The molecule has 0 radical (unpaired) electrons. The van der Waals surface area contributed by atoms with Gasteiger partial charge in [0.25, 0.3) is 0 Å². The van der Waals surface area contributed by atoms with Gasteiger partial charge in [0, 0.05) is 55.2 Å². The summed E-state index contributed by atoms with van der Waals surface area (Å²) in [4.78, 5) is 10.7. The molecule has 0 aliphatic rings. The number of phenolic OH excluding ortho intramolecular Hbond substituents is 1. The fourth-order valence-electron chi connectivity index (χ4n) is 10.7. The molecule has 0 unspecified atom stereocenters. The zero-order valence-corrected chi connectivity index (χ0v) is 48.9. The molecule has 0 spiro atoms. The summed E-state index contributed by atoms with van der Waals surface area (Å²) in [6.45, 7) is 28.8. The van der Waals surface area contributed by atoms with Crippen LogP contribution < -0.4 is 0 Å². The number of hydrogen-bond donors (Lipinski definition) is 1. The van der Waals surface area contributed by atoms with Gasteiger partial charge in [0.05, 0.1) is 27.7 Å². The molecule has 4 aromatic heterocycles. The molecular weight excluding hydrogens is 1130 g/mol. The van der Waals surface area contributed by atoms with Crippen molar-refractivity contribution in [1.82, 2.24) is 14.5 Å². The number of aryl methyl sites for hydroxylation is 1. The van der Waals surface area contributed by atoms with Crippen LogP contribution in [-0.4, -0.2) is 19.6 Å². The van der Waals surface area contributed by atoms with E-state index >= 15 is 0 Å². The molecule has 77 heavy (non-hydrogen) atoms. The molecule has 11 aromatic rings. The molecular formula is C70H68N3O3Pt-. The van der Waals surface area contributed by atoms with Crippen LogP contribution in [0.3, 0.4) is 0 Å². The van der Waals surface area contributed by atoms with Crippen molar-refractivity contribution in [2.45, 2.75) is 113 Å². The topological polar surface area (TPSA) is 77.2 Å².